The molecule has 0 fully saturated rings. The summed E-state index contributed by atoms with van der Waals surface area (Å²) in [4.78, 5) is 29.3. The van der Waals surface area contributed by atoms with Crippen molar-refractivity contribution >= 4 is 46.6 Å². The number of amides is 2. The van der Waals surface area contributed by atoms with Crippen LogP contribution in [0, 0.1) is 13.8 Å². The first-order valence-electron chi connectivity index (χ1n) is 9.93. The van der Waals surface area contributed by atoms with Crippen LogP contribution in [0.2, 0.25) is 5.02 Å². The lowest BCUT2D eigenvalue weighted by atomic mass is 10.2. The SMILES string of the molecule is COc1ccccc1N1C(=O)C(Nc2ccc(C)c(Cl)c2)=C(Sc2ccc(C)cc2)C1=O. The van der Waals surface area contributed by atoms with Gasteiger partial charge < -0.3 is 10.1 Å². The lowest BCUT2D eigenvalue weighted by Crippen LogP contribution is -2.32. The fourth-order valence-electron chi connectivity index (χ4n) is 3.29. The lowest BCUT2D eigenvalue weighted by Gasteiger charge is -2.18. The summed E-state index contributed by atoms with van der Waals surface area (Å²) < 4.78 is 5.39. The van der Waals surface area contributed by atoms with Crippen LogP contribution in [0.3, 0.4) is 0 Å². The largest absolute Gasteiger partial charge is 0.495 e. The highest BCUT2D eigenvalue weighted by molar-refractivity contribution is 8.04. The number of thioether (sulfide) groups is 1. The van der Waals surface area contributed by atoms with E-state index in [4.69, 9.17) is 16.3 Å². The molecule has 1 aliphatic rings. The molecule has 0 atom stereocenters. The molecule has 162 valence electrons. The third kappa shape index (κ3) is 4.24. The number of anilines is 2. The minimum atomic E-state index is -0.453. The van der Waals surface area contributed by atoms with Crippen molar-refractivity contribution in [2.24, 2.45) is 0 Å². The van der Waals surface area contributed by atoms with E-state index in [1.807, 2.05) is 50.2 Å². The molecular weight excluding hydrogens is 444 g/mol. The maximum Gasteiger partial charge on any atom is 0.283 e. The minimum absolute atomic E-state index is 0.200. The van der Waals surface area contributed by atoms with E-state index in [9.17, 15) is 9.59 Å². The lowest BCUT2D eigenvalue weighted by molar-refractivity contribution is -0.120. The number of nitrogens with zero attached hydrogens (tertiary/aromatic N) is 1. The van der Waals surface area contributed by atoms with E-state index >= 15 is 0 Å². The number of nitrogens with one attached hydrogen (secondary N) is 1. The number of hydrogen-bond donors (Lipinski definition) is 1. The number of aryl methyl sites for hydroxylation is 2. The Labute approximate surface area is 196 Å². The van der Waals surface area contributed by atoms with Crippen molar-refractivity contribution in [1.82, 2.24) is 0 Å². The third-order valence-electron chi connectivity index (χ3n) is 5.05. The first-order chi connectivity index (χ1) is 15.4. The van der Waals surface area contributed by atoms with Gasteiger partial charge in [0.25, 0.3) is 11.8 Å². The van der Waals surface area contributed by atoms with Crippen molar-refractivity contribution in [2.45, 2.75) is 18.7 Å². The van der Waals surface area contributed by atoms with Crippen molar-refractivity contribution in [2.75, 3.05) is 17.3 Å². The molecule has 32 heavy (non-hydrogen) atoms. The van der Waals surface area contributed by atoms with Gasteiger partial charge in [-0.1, -0.05) is 59.3 Å². The summed E-state index contributed by atoms with van der Waals surface area (Å²) in [6, 6.07) is 20.2. The van der Waals surface area contributed by atoms with Gasteiger partial charge in [0.2, 0.25) is 0 Å². The van der Waals surface area contributed by atoms with E-state index in [1.54, 1.807) is 30.3 Å². The highest BCUT2D eigenvalue weighted by Gasteiger charge is 2.41. The molecule has 1 heterocycles. The van der Waals surface area contributed by atoms with Crippen molar-refractivity contribution in [3.05, 3.63) is 93.5 Å². The topological polar surface area (TPSA) is 58.6 Å². The second-order valence-electron chi connectivity index (χ2n) is 7.33. The third-order valence-corrected chi connectivity index (χ3v) is 6.55. The zero-order chi connectivity index (χ0) is 22.8. The number of halogens is 1. The van der Waals surface area contributed by atoms with Crippen LogP contribution in [0.5, 0.6) is 5.75 Å². The molecule has 2 amide bonds. The first-order valence-corrected chi connectivity index (χ1v) is 11.1. The molecule has 0 saturated carbocycles. The van der Waals surface area contributed by atoms with Gasteiger partial charge in [0.15, 0.2) is 0 Å². The number of imide groups is 1. The second-order valence-corrected chi connectivity index (χ2v) is 8.82. The Balaban J connectivity index is 1.77. The van der Waals surface area contributed by atoms with E-state index < -0.39 is 11.8 Å². The standard InChI is InChI=1S/C25H21ClN2O3S/c1-15-8-12-18(13-9-15)32-23-22(27-17-11-10-16(2)19(26)14-17)24(29)28(25(23)30)20-6-4-5-7-21(20)31-3/h4-14,27H,1-3H3. The quantitative estimate of drug-likeness (QED) is 0.456. The van der Waals surface area contributed by atoms with Gasteiger partial charge >= 0.3 is 0 Å². The Morgan fingerprint density at radius 1 is 0.938 bits per heavy atom. The Kier molecular flexibility index (Phi) is 6.26. The summed E-state index contributed by atoms with van der Waals surface area (Å²) in [7, 11) is 1.51. The molecule has 5 nitrogen and oxygen atoms in total. The van der Waals surface area contributed by atoms with Crippen LogP contribution >= 0.6 is 23.4 Å². The summed E-state index contributed by atoms with van der Waals surface area (Å²) >= 11 is 7.52. The zero-order valence-corrected chi connectivity index (χ0v) is 19.4. The summed E-state index contributed by atoms with van der Waals surface area (Å²) in [5, 5.41) is 3.70. The Morgan fingerprint density at radius 3 is 2.34 bits per heavy atom. The van der Waals surface area contributed by atoms with Crippen LogP contribution in [0.25, 0.3) is 0 Å². The Hall–Kier alpha value is -3.22. The molecule has 0 bridgehead atoms. The highest BCUT2D eigenvalue weighted by Crippen LogP contribution is 2.40. The summed E-state index contributed by atoms with van der Waals surface area (Å²) in [5.74, 6) is -0.426. The van der Waals surface area contributed by atoms with Crippen LogP contribution in [-0.4, -0.2) is 18.9 Å². The number of methoxy groups -OCH3 is 1. The number of carbonyl (C=O) groups excluding carboxylic acids is 2. The average molecular weight is 465 g/mol. The fourth-order valence-corrected chi connectivity index (χ4v) is 4.39. The molecular formula is C25H21ClN2O3S. The van der Waals surface area contributed by atoms with E-state index in [-0.39, 0.29) is 5.70 Å². The Morgan fingerprint density at radius 2 is 1.66 bits per heavy atom. The molecule has 0 saturated heterocycles. The molecule has 0 radical (unpaired) electrons. The van der Waals surface area contributed by atoms with Gasteiger partial charge in [-0.15, -0.1) is 0 Å². The predicted molar refractivity (Wildman–Crippen MR) is 129 cm³/mol. The number of carbonyl (C=O) groups is 2. The highest BCUT2D eigenvalue weighted by atomic mass is 35.5. The van der Waals surface area contributed by atoms with E-state index in [0.29, 0.717) is 27.1 Å². The van der Waals surface area contributed by atoms with Crippen LogP contribution in [0.15, 0.2) is 82.2 Å². The molecule has 0 aromatic heterocycles. The average Bonchev–Trinajstić information content (AvgIpc) is 3.01. The molecule has 1 aliphatic heterocycles. The van der Waals surface area contributed by atoms with Gasteiger partial charge in [0.05, 0.1) is 12.8 Å². The molecule has 3 aromatic rings. The van der Waals surface area contributed by atoms with E-state index in [0.717, 1.165) is 20.9 Å². The van der Waals surface area contributed by atoms with E-state index in [2.05, 4.69) is 5.32 Å². The zero-order valence-electron chi connectivity index (χ0n) is 17.8. The normalized spacial score (nSPS) is 13.7. The van der Waals surface area contributed by atoms with Crippen molar-refractivity contribution < 1.29 is 14.3 Å². The first kappa shape index (κ1) is 22.0. The molecule has 0 spiro atoms. The monoisotopic (exact) mass is 464 g/mol. The van der Waals surface area contributed by atoms with Crippen LogP contribution in [0.4, 0.5) is 11.4 Å². The van der Waals surface area contributed by atoms with Gasteiger partial charge in [0, 0.05) is 15.6 Å². The van der Waals surface area contributed by atoms with Gasteiger partial charge in [0.1, 0.15) is 16.4 Å². The summed E-state index contributed by atoms with van der Waals surface area (Å²) in [5.41, 5.74) is 3.25. The van der Waals surface area contributed by atoms with Crippen molar-refractivity contribution in [1.29, 1.82) is 0 Å². The van der Waals surface area contributed by atoms with Gasteiger partial charge in [-0.05, 0) is 55.8 Å². The summed E-state index contributed by atoms with van der Waals surface area (Å²) in [6.07, 6.45) is 0. The van der Waals surface area contributed by atoms with Gasteiger partial charge in [-0.25, -0.2) is 4.90 Å². The maximum atomic E-state index is 13.5. The molecule has 0 unspecified atom stereocenters. The number of ether oxygens (including phenoxy) is 1. The van der Waals surface area contributed by atoms with Crippen LogP contribution in [-0.2, 0) is 9.59 Å². The smallest absolute Gasteiger partial charge is 0.283 e. The number of rotatable bonds is 6. The van der Waals surface area contributed by atoms with E-state index in [1.165, 1.54) is 18.9 Å². The van der Waals surface area contributed by atoms with Gasteiger partial charge in [-0.2, -0.15) is 0 Å². The van der Waals surface area contributed by atoms with Crippen LogP contribution in [0.1, 0.15) is 11.1 Å². The number of para-hydroxylation sites is 2. The molecule has 1 N–H and O–H groups in total. The van der Waals surface area contributed by atoms with Crippen LogP contribution < -0.4 is 15.0 Å². The maximum absolute atomic E-state index is 13.5. The van der Waals surface area contributed by atoms with Crippen molar-refractivity contribution in [3.8, 4) is 5.75 Å². The second kappa shape index (κ2) is 9.10. The number of hydrogen-bond acceptors (Lipinski definition) is 5. The molecule has 7 heteroatoms. The van der Waals surface area contributed by atoms with Crippen molar-refractivity contribution in [3.63, 3.8) is 0 Å². The summed E-state index contributed by atoms with van der Waals surface area (Å²) in [6.45, 7) is 3.90. The molecule has 4 rings (SSSR count). The molecule has 0 aliphatic carbocycles. The number of benzene rings is 3. The fraction of sp³-hybridized carbons (Fsp3) is 0.120. The van der Waals surface area contributed by atoms with Gasteiger partial charge in [-0.3, -0.25) is 9.59 Å². The predicted octanol–water partition coefficient (Wildman–Crippen LogP) is 5.95. The Bertz CT molecular complexity index is 1240. The molecule has 3 aromatic carbocycles. The minimum Gasteiger partial charge on any atom is -0.495 e.